The van der Waals surface area contributed by atoms with Crippen molar-refractivity contribution in [3.05, 3.63) is 94.9 Å². The normalized spacial score (nSPS) is 16.9. The minimum absolute atomic E-state index is 0.0600. The molecule has 1 aromatic heterocycles. The summed E-state index contributed by atoms with van der Waals surface area (Å²) in [6, 6.07) is 10.6. The number of benzene rings is 1. The van der Waals surface area contributed by atoms with E-state index >= 15 is 0 Å². The van der Waals surface area contributed by atoms with Gasteiger partial charge in [0, 0.05) is 18.3 Å². The second kappa shape index (κ2) is 8.83. The summed E-state index contributed by atoms with van der Waals surface area (Å²) in [6.07, 6.45) is 16.9. The molecule has 168 valence electrons. The van der Waals surface area contributed by atoms with Crippen LogP contribution in [-0.4, -0.2) is 28.5 Å². The minimum Gasteiger partial charge on any atom is -0.464 e. The van der Waals surface area contributed by atoms with Gasteiger partial charge in [-0.2, -0.15) is 10.4 Å². The van der Waals surface area contributed by atoms with E-state index in [-0.39, 0.29) is 11.7 Å². The third-order valence-corrected chi connectivity index (χ3v) is 6.11. The fourth-order valence-corrected chi connectivity index (χ4v) is 4.32. The number of nitriles is 1. The van der Waals surface area contributed by atoms with Crippen molar-refractivity contribution in [1.29, 1.82) is 5.26 Å². The number of carbonyl (C=O) groups is 2. The lowest BCUT2D eigenvalue weighted by molar-refractivity contribution is -0.119. The topological polar surface area (TPSA) is 88.2 Å². The van der Waals surface area contributed by atoms with Crippen LogP contribution in [-0.2, 0) is 9.53 Å². The Morgan fingerprint density at radius 2 is 1.97 bits per heavy atom. The Morgan fingerprint density at radius 1 is 1.21 bits per heavy atom. The number of para-hydroxylation sites is 1. The molecule has 5 rings (SSSR count). The lowest BCUT2D eigenvalue weighted by Crippen LogP contribution is -2.41. The summed E-state index contributed by atoms with van der Waals surface area (Å²) in [5, 5.41) is 15.7. The predicted molar refractivity (Wildman–Crippen MR) is 127 cm³/mol. The van der Waals surface area contributed by atoms with Gasteiger partial charge in [-0.25, -0.2) is 0 Å². The van der Waals surface area contributed by atoms with E-state index in [4.69, 9.17) is 4.74 Å². The van der Waals surface area contributed by atoms with Crippen molar-refractivity contribution in [2.75, 3.05) is 11.9 Å². The monoisotopic (exact) mass is 450 g/mol. The number of fused-ring (bicyclic) bond motifs is 2. The van der Waals surface area contributed by atoms with Gasteiger partial charge < -0.3 is 9.64 Å². The molecule has 0 fully saturated rings. The van der Waals surface area contributed by atoms with Gasteiger partial charge in [0.05, 0.1) is 22.7 Å². The number of anilines is 1. The molecule has 0 spiro atoms. The third-order valence-electron chi connectivity index (χ3n) is 6.11. The zero-order valence-electron chi connectivity index (χ0n) is 18.6. The molecular formula is C27H22N4O3. The van der Waals surface area contributed by atoms with Gasteiger partial charge in [-0.1, -0.05) is 54.7 Å². The van der Waals surface area contributed by atoms with Crippen molar-refractivity contribution in [3.8, 4) is 6.07 Å². The van der Waals surface area contributed by atoms with E-state index in [0.717, 1.165) is 17.3 Å². The Labute approximate surface area is 196 Å². The van der Waals surface area contributed by atoms with Crippen molar-refractivity contribution in [2.45, 2.75) is 18.9 Å². The Hall–Kier alpha value is -4.44. The molecule has 1 aliphatic heterocycles. The zero-order valence-corrected chi connectivity index (χ0v) is 18.6. The van der Waals surface area contributed by atoms with Crippen LogP contribution in [0.2, 0.25) is 0 Å². The summed E-state index contributed by atoms with van der Waals surface area (Å²) in [5.41, 5.74) is 1.57. The highest BCUT2D eigenvalue weighted by molar-refractivity contribution is 6.15. The number of ether oxygens (including phenoxy) is 1. The molecule has 2 aliphatic carbocycles. The average Bonchev–Trinajstić information content (AvgIpc) is 3.30. The van der Waals surface area contributed by atoms with Gasteiger partial charge in [-0.15, -0.1) is 0 Å². The molecule has 1 amide bonds. The lowest BCUT2D eigenvalue weighted by Gasteiger charge is -2.19. The molecule has 0 saturated carbocycles. The highest BCUT2D eigenvalue weighted by atomic mass is 16.5. The van der Waals surface area contributed by atoms with Gasteiger partial charge in [0.25, 0.3) is 5.91 Å². The zero-order chi connectivity index (χ0) is 23.7. The first-order chi connectivity index (χ1) is 16.6. The van der Waals surface area contributed by atoms with E-state index in [1.54, 1.807) is 36.0 Å². The number of hydrogen-bond donors (Lipinski definition) is 0. The summed E-state index contributed by atoms with van der Waals surface area (Å²) in [5.74, 6) is -2.08. The first-order valence-electron chi connectivity index (χ1n) is 11.1. The summed E-state index contributed by atoms with van der Waals surface area (Å²) in [7, 11) is 1.55. The van der Waals surface area contributed by atoms with Crippen LogP contribution in [0, 0.1) is 17.2 Å². The Morgan fingerprint density at radius 3 is 2.71 bits per heavy atom. The highest BCUT2D eigenvalue weighted by Gasteiger charge is 2.35. The number of amides is 1. The second-order valence-corrected chi connectivity index (χ2v) is 8.17. The summed E-state index contributed by atoms with van der Waals surface area (Å²) >= 11 is 0. The van der Waals surface area contributed by atoms with Crippen molar-refractivity contribution in [1.82, 2.24) is 9.78 Å². The lowest BCUT2D eigenvalue weighted by atomic mass is 9.98. The Kier molecular flexibility index (Phi) is 5.56. The van der Waals surface area contributed by atoms with Crippen molar-refractivity contribution in [3.63, 3.8) is 0 Å². The largest absolute Gasteiger partial charge is 0.464 e. The fraction of sp³-hybridized carbons (Fsp3) is 0.185. The number of ketones is 1. The van der Waals surface area contributed by atoms with Crippen LogP contribution in [0.15, 0.2) is 78.6 Å². The number of allylic oxidation sites excluding steroid dienone is 8. The van der Waals surface area contributed by atoms with Gasteiger partial charge in [-0.05, 0) is 31.1 Å². The van der Waals surface area contributed by atoms with E-state index in [1.165, 1.54) is 11.2 Å². The summed E-state index contributed by atoms with van der Waals surface area (Å²) < 4.78 is 7.61. The first kappa shape index (κ1) is 21.4. The molecule has 1 unspecified atom stereocenters. The van der Waals surface area contributed by atoms with Crippen LogP contribution in [0.5, 0.6) is 0 Å². The van der Waals surface area contributed by atoms with Gasteiger partial charge in [-0.3, -0.25) is 14.3 Å². The molecule has 34 heavy (non-hydrogen) atoms. The van der Waals surface area contributed by atoms with Gasteiger partial charge in [0.2, 0.25) is 5.78 Å². The minimum atomic E-state index is -1.53. The number of rotatable bonds is 5. The van der Waals surface area contributed by atoms with Crippen LogP contribution < -0.4 is 15.5 Å². The molecular weight excluding hydrogens is 428 g/mol. The quantitative estimate of drug-likeness (QED) is 0.397. The standard InChI is InChI=1S/C27H22N4O3/c1-30(18-10-4-2-5-11-18)27(33)21(16-28)26(32)24-22-17-34-23-15-9-8-14-20(23)25(22)31(29-24)19-12-6-3-7-13-19/h2,4-13,15,17,19,21H,3,14H2,1H3. The maximum atomic E-state index is 13.6. The van der Waals surface area contributed by atoms with E-state index in [2.05, 4.69) is 5.10 Å². The third kappa shape index (κ3) is 3.59. The average molecular weight is 450 g/mol. The maximum absolute atomic E-state index is 13.6. The van der Waals surface area contributed by atoms with E-state index < -0.39 is 17.6 Å². The second-order valence-electron chi connectivity index (χ2n) is 8.17. The number of carbonyl (C=O) groups excluding carboxylic acids is 2. The molecule has 7 nitrogen and oxygen atoms in total. The summed E-state index contributed by atoms with van der Waals surface area (Å²) in [6.45, 7) is 0. The Balaban J connectivity index is 1.62. The highest BCUT2D eigenvalue weighted by Crippen LogP contribution is 2.24. The van der Waals surface area contributed by atoms with E-state index in [0.29, 0.717) is 23.1 Å². The number of aromatic nitrogens is 2. The van der Waals surface area contributed by atoms with Gasteiger partial charge in [0.1, 0.15) is 17.7 Å². The Bertz CT molecular complexity index is 1440. The van der Waals surface area contributed by atoms with Crippen LogP contribution in [0.25, 0.3) is 11.8 Å². The fourth-order valence-electron chi connectivity index (χ4n) is 4.32. The maximum Gasteiger partial charge on any atom is 0.252 e. The van der Waals surface area contributed by atoms with Crippen LogP contribution in [0.1, 0.15) is 29.4 Å². The van der Waals surface area contributed by atoms with Crippen molar-refractivity contribution < 1.29 is 14.3 Å². The van der Waals surface area contributed by atoms with E-state index in [1.807, 2.05) is 54.7 Å². The van der Waals surface area contributed by atoms with Crippen LogP contribution in [0.3, 0.4) is 0 Å². The predicted octanol–water partition coefficient (Wildman–Crippen LogP) is 2.69. The molecule has 2 heterocycles. The van der Waals surface area contributed by atoms with E-state index in [9.17, 15) is 14.9 Å². The van der Waals surface area contributed by atoms with Crippen molar-refractivity contribution in [2.24, 2.45) is 5.92 Å². The van der Waals surface area contributed by atoms with Crippen molar-refractivity contribution >= 4 is 29.2 Å². The number of Topliss-reactive ketones (excluding diaryl/α,β-unsaturated/α-hetero) is 1. The molecule has 1 aromatic carbocycles. The SMILES string of the molecule is CN(C(=O)C(C#N)C(=O)c1nn(C2C=CCC=C2)c2c1=COC1=CC=CCC=21)c1ccccc1. The molecule has 0 radical (unpaired) electrons. The summed E-state index contributed by atoms with van der Waals surface area (Å²) in [4.78, 5) is 28.1. The molecule has 0 bridgehead atoms. The van der Waals surface area contributed by atoms with Gasteiger partial charge >= 0.3 is 0 Å². The van der Waals surface area contributed by atoms with Gasteiger partial charge in [0.15, 0.2) is 5.92 Å². The first-order valence-corrected chi connectivity index (χ1v) is 11.1. The molecule has 3 aliphatic rings. The molecule has 0 saturated heterocycles. The van der Waals surface area contributed by atoms with Crippen LogP contribution >= 0.6 is 0 Å². The number of nitrogens with zero attached hydrogens (tertiary/aromatic N) is 4. The van der Waals surface area contributed by atoms with Crippen LogP contribution in [0.4, 0.5) is 5.69 Å². The molecule has 1 atom stereocenters. The molecule has 2 aromatic rings. The number of hydrogen-bond acceptors (Lipinski definition) is 5. The smallest absolute Gasteiger partial charge is 0.252 e. The molecule has 7 heteroatoms. The molecule has 0 N–H and O–H groups in total.